The van der Waals surface area contributed by atoms with Crippen LogP contribution in [0.2, 0.25) is 0 Å². The van der Waals surface area contributed by atoms with Crippen LogP contribution in [0, 0.1) is 12.3 Å². The molecular weight excluding hydrogens is 280 g/mol. The molecule has 0 radical (unpaired) electrons. The summed E-state index contributed by atoms with van der Waals surface area (Å²) in [6.45, 7) is 4.70. The third kappa shape index (κ3) is 5.47. The Balaban J connectivity index is 0.00000361. The van der Waals surface area contributed by atoms with E-state index in [9.17, 15) is 0 Å². The molecule has 0 saturated heterocycles. The summed E-state index contributed by atoms with van der Waals surface area (Å²) in [5, 5.41) is 7.57. The maximum Gasteiger partial charge on any atom is 0.256 e. The summed E-state index contributed by atoms with van der Waals surface area (Å²) in [4.78, 5) is 17.8. The van der Waals surface area contributed by atoms with Crippen molar-refractivity contribution in [1.29, 1.82) is 0 Å². The second-order valence-electron chi connectivity index (χ2n) is 3.92. The van der Waals surface area contributed by atoms with Crippen LogP contribution in [0.4, 0.5) is 17.8 Å². The highest BCUT2D eigenvalue weighted by molar-refractivity contribution is 5.85. The van der Waals surface area contributed by atoms with E-state index >= 15 is 0 Å². The number of nitrogens with one attached hydrogen (secondary N) is 2. The van der Waals surface area contributed by atoms with Crippen LogP contribution in [0.5, 0.6) is 0 Å². The molecule has 1 atom stereocenters. The topological polar surface area (TPSA) is 75.2 Å². The average Bonchev–Trinajstić information content (AvgIpc) is 2.43. The van der Waals surface area contributed by atoms with E-state index in [0.29, 0.717) is 17.8 Å². The van der Waals surface area contributed by atoms with E-state index in [1.165, 1.54) is 5.06 Å². The van der Waals surface area contributed by atoms with E-state index < -0.39 is 0 Å². The Kier molecular flexibility index (Phi) is 8.36. The van der Waals surface area contributed by atoms with Gasteiger partial charge in [-0.05, 0) is 13.3 Å². The summed E-state index contributed by atoms with van der Waals surface area (Å²) in [5.74, 6) is 3.87. The molecular formula is C12H21ClN6O. The van der Waals surface area contributed by atoms with Crippen molar-refractivity contribution in [3.05, 3.63) is 0 Å². The standard InChI is InChI=1S/C12H20N6O.ClH/c1-6-8-13-10-15-11(14-9(3)7-2)17-12(16-10)18(4)19-5;/h2,9H,6,8H2,1,3-5H3,(H2,13,14,15,16,17);1H. The summed E-state index contributed by atoms with van der Waals surface area (Å²) >= 11 is 0. The Hall–Kier alpha value is -1.78. The van der Waals surface area contributed by atoms with Gasteiger partial charge in [-0.3, -0.25) is 4.84 Å². The molecule has 1 aromatic rings. The molecule has 0 aliphatic heterocycles. The molecule has 1 heterocycles. The van der Waals surface area contributed by atoms with Crippen LogP contribution in [0.3, 0.4) is 0 Å². The monoisotopic (exact) mass is 300 g/mol. The van der Waals surface area contributed by atoms with Crippen molar-refractivity contribution in [1.82, 2.24) is 15.0 Å². The maximum atomic E-state index is 5.33. The van der Waals surface area contributed by atoms with Crippen molar-refractivity contribution in [2.75, 3.05) is 36.4 Å². The molecule has 112 valence electrons. The third-order valence-corrected chi connectivity index (χ3v) is 2.31. The highest BCUT2D eigenvalue weighted by atomic mass is 35.5. The Morgan fingerprint density at radius 3 is 2.55 bits per heavy atom. The molecule has 0 aliphatic carbocycles. The minimum Gasteiger partial charge on any atom is -0.354 e. The maximum absolute atomic E-state index is 5.33. The smallest absolute Gasteiger partial charge is 0.256 e. The Bertz CT molecular complexity index is 450. The van der Waals surface area contributed by atoms with Crippen molar-refractivity contribution < 1.29 is 4.84 Å². The lowest BCUT2D eigenvalue weighted by molar-refractivity contribution is 0.180. The van der Waals surface area contributed by atoms with E-state index in [0.717, 1.165) is 13.0 Å². The van der Waals surface area contributed by atoms with Crippen molar-refractivity contribution in [2.45, 2.75) is 26.3 Å². The first-order valence-electron chi connectivity index (χ1n) is 6.11. The SMILES string of the molecule is C#CC(C)Nc1nc(NCCC)nc(N(C)OC)n1.Cl. The zero-order valence-electron chi connectivity index (χ0n) is 12.2. The average molecular weight is 301 g/mol. The largest absolute Gasteiger partial charge is 0.354 e. The molecule has 0 fully saturated rings. The molecule has 2 N–H and O–H groups in total. The lowest BCUT2D eigenvalue weighted by atomic mass is 10.4. The van der Waals surface area contributed by atoms with E-state index in [4.69, 9.17) is 11.3 Å². The van der Waals surface area contributed by atoms with Gasteiger partial charge < -0.3 is 10.6 Å². The Morgan fingerprint density at radius 2 is 2.00 bits per heavy atom. The minimum atomic E-state index is -0.165. The zero-order chi connectivity index (χ0) is 14.3. The van der Waals surface area contributed by atoms with Crippen LogP contribution >= 0.6 is 12.4 Å². The Morgan fingerprint density at radius 1 is 1.35 bits per heavy atom. The van der Waals surface area contributed by atoms with Crippen LogP contribution < -0.4 is 15.7 Å². The van der Waals surface area contributed by atoms with Crippen LogP contribution in [-0.2, 0) is 4.84 Å². The summed E-state index contributed by atoms with van der Waals surface area (Å²) in [7, 11) is 3.26. The van der Waals surface area contributed by atoms with E-state index in [1.807, 2.05) is 6.92 Å². The number of rotatable bonds is 7. The van der Waals surface area contributed by atoms with Gasteiger partial charge in [-0.15, -0.1) is 18.8 Å². The minimum absolute atomic E-state index is 0. The fourth-order valence-electron chi connectivity index (χ4n) is 1.20. The van der Waals surface area contributed by atoms with E-state index in [-0.39, 0.29) is 18.4 Å². The molecule has 0 amide bonds. The van der Waals surface area contributed by atoms with E-state index in [2.05, 4.69) is 38.4 Å². The number of hydroxylamine groups is 1. The van der Waals surface area contributed by atoms with Gasteiger partial charge in [0.2, 0.25) is 11.9 Å². The summed E-state index contributed by atoms with van der Waals surface area (Å²) in [5.41, 5.74) is 0. The fraction of sp³-hybridized carbons (Fsp3) is 0.583. The molecule has 0 bridgehead atoms. The number of hydrogen-bond acceptors (Lipinski definition) is 7. The molecule has 0 aliphatic rings. The van der Waals surface area contributed by atoms with Gasteiger partial charge in [-0.1, -0.05) is 12.8 Å². The predicted octanol–water partition coefficient (Wildman–Crippen LogP) is 1.55. The van der Waals surface area contributed by atoms with Gasteiger partial charge >= 0.3 is 0 Å². The lowest BCUT2D eigenvalue weighted by Gasteiger charge is -2.16. The van der Waals surface area contributed by atoms with Gasteiger partial charge in [-0.25, -0.2) is 5.06 Å². The summed E-state index contributed by atoms with van der Waals surface area (Å²) < 4.78 is 0. The zero-order valence-corrected chi connectivity index (χ0v) is 13.0. The molecule has 20 heavy (non-hydrogen) atoms. The van der Waals surface area contributed by atoms with Gasteiger partial charge in [0, 0.05) is 13.6 Å². The van der Waals surface area contributed by atoms with Crippen molar-refractivity contribution in [2.24, 2.45) is 0 Å². The Labute approximate surface area is 125 Å². The van der Waals surface area contributed by atoms with Crippen LogP contribution in [0.15, 0.2) is 0 Å². The quantitative estimate of drug-likeness (QED) is 0.584. The molecule has 0 spiro atoms. The van der Waals surface area contributed by atoms with Gasteiger partial charge in [0.05, 0.1) is 13.2 Å². The number of aromatic nitrogens is 3. The van der Waals surface area contributed by atoms with Gasteiger partial charge in [0.1, 0.15) is 0 Å². The molecule has 8 heteroatoms. The number of nitrogens with zero attached hydrogens (tertiary/aromatic N) is 4. The third-order valence-electron chi connectivity index (χ3n) is 2.31. The van der Waals surface area contributed by atoms with Gasteiger partial charge in [0.15, 0.2) is 0 Å². The molecule has 0 aromatic carbocycles. The van der Waals surface area contributed by atoms with Gasteiger partial charge in [0.25, 0.3) is 5.95 Å². The molecule has 0 saturated carbocycles. The number of terminal acetylenes is 1. The second kappa shape index (κ2) is 9.18. The highest BCUT2D eigenvalue weighted by Crippen LogP contribution is 2.13. The molecule has 1 rings (SSSR count). The predicted molar refractivity (Wildman–Crippen MR) is 83.2 cm³/mol. The summed E-state index contributed by atoms with van der Waals surface area (Å²) in [6, 6.07) is -0.165. The lowest BCUT2D eigenvalue weighted by Crippen LogP contribution is -2.22. The highest BCUT2D eigenvalue weighted by Gasteiger charge is 2.11. The summed E-state index contributed by atoms with van der Waals surface area (Å²) in [6.07, 6.45) is 6.30. The molecule has 1 unspecified atom stereocenters. The number of halogens is 1. The van der Waals surface area contributed by atoms with Crippen LogP contribution in [0.1, 0.15) is 20.3 Å². The van der Waals surface area contributed by atoms with Crippen molar-refractivity contribution in [3.63, 3.8) is 0 Å². The first kappa shape index (κ1) is 18.2. The van der Waals surface area contributed by atoms with Crippen molar-refractivity contribution >= 4 is 30.3 Å². The first-order valence-corrected chi connectivity index (χ1v) is 6.11. The van der Waals surface area contributed by atoms with Crippen LogP contribution in [-0.4, -0.2) is 41.7 Å². The van der Waals surface area contributed by atoms with Gasteiger partial charge in [-0.2, -0.15) is 15.0 Å². The molecule has 1 aromatic heterocycles. The second-order valence-corrected chi connectivity index (χ2v) is 3.92. The number of hydrogen-bond donors (Lipinski definition) is 2. The molecule has 7 nitrogen and oxygen atoms in total. The van der Waals surface area contributed by atoms with E-state index in [1.54, 1.807) is 14.2 Å². The van der Waals surface area contributed by atoms with Crippen LogP contribution in [0.25, 0.3) is 0 Å². The normalized spacial score (nSPS) is 10.9. The fourth-order valence-corrected chi connectivity index (χ4v) is 1.20. The first-order chi connectivity index (χ1) is 9.10. The number of anilines is 3. The van der Waals surface area contributed by atoms with Crippen molar-refractivity contribution in [3.8, 4) is 12.3 Å².